The largest absolute Gasteiger partial charge is 0.339 e. The van der Waals surface area contributed by atoms with Gasteiger partial charge in [-0.15, -0.1) is 0 Å². The summed E-state index contributed by atoms with van der Waals surface area (Å²) in [7, 11) is 0. The first-order valence-corrected chi connectivity index (χ1v) is 5.17. The van der Waals surface area contributed by atoms with E-state index in [9.17, 15) is 0 Å². The van der Waals surface area contributed by atoms with Crippen molar-refractivity contribution in [2.75, 3.05) is 0 Å². The number of aromatic nitrogens is 2. The minimum Gasteiger partial charge on any atom is -0.339 e. The minimum absolute atomic E-state index is 0.499. The monoisotopic (exact) mass is 195 g/mol. The highest BCUT2D eigenvalue weighted by atomic mass is 16.5. The van der Waals surface area contributed by atoms with E-state index in [0.717, 1.165) is 18.2 Å². The molecule has 78 valence electrons. The van der Waals surface area contributed by atoms with Gasteiger partial charge in [0.25, 0.3) is 0 Å². The van der Waals surface area contributed by atoms with Crippen molar-refractivity contribution in [3.8, 4) is 0 Å². The molecule has 1 aliphatic carbocycles. The average Bonchev–Trinajstić information content (AvgIpc) is 2.43. The molecule has 0 aliphatic heterocycles. The highest BCUT2D eigenvalue weighted by Gasteiger charge is 2.24. The second-order valence-corrected chi connectivity index (χ2v) is 4.73. The van der Waals surface area contributed by atoms with E-state index in [0.29, 0.717) is 5.82 Å². The SMILES string of the molecule is CC(C)(N)c1noc(CC2CCC2)n1. The van der Waals surface area contributed by atoms with E-state index in [1.54, 1.807) is 0 Å². The summed E-state index contributed by atoms with van der Waals surface area (Å²) in [4.78, 5) is 4.30. The molecule has 0 atom stereocenters. The molecule has 1 aromatic rings. The summed E-state index contributed by atoms with van der Waals surface area (Å²) in [6.45, 7) is 3.76. The summed E-state index contributed by atoms with van der Waals surface area (Å²) in [6, 6.07) is 0. The van der Waals surface area contributed by atoms with Gasteiger partial charge in [0.15, 0.2) is 5.82 Å². The van der Waals surface area contributed by atoms with Gasteiger partial charge in [-0.3, -0.25) is 0 Å². The Morgan fingerprint density at radius 1 is 1.50 bits per heavy atom. The molecule has 1 saturated carbocycles. The molecule has 1 aliphatic rings. The molecular formula is C10H17N3O. The van der Waals surface area contributed by atoms with E-state index in [-0.39, 0.29) is 0 Å². The Balaban J connectivity index is 2.02. The Morgan fingerprint density at radius 2 is 2.21 bits per heavy atom. The maximum absolute atomic E-state index is 5.86. The van der Waals surface area contributed by atoms with Gasteiger partial charge in [-0.05, 0) is 32.6 Å². The lowest BCUT2D eigenvalue weighted by molar-refractivity contribution is 0.272. The van der Waals surface area contributed by atoms with Crippen molar-refractivity contribution in [2.24, 2.45) is 11.7 Å². The summed E-state index contributed by atoms with van der Waals surface area (Å²) >= 11 is 0. The number of nitrogens with two attached hydrogens (primary N) is 1. The summed E-state index contributed by atoms with van der Waals surface area (Å²) < 4.78 is 5.16. The van der Waals surface area contributed by atoms with Crippen molar-refractivity contribution in [3.05, 3.63) is 11.7 Å². The second-order valence-electron chi connectivity index (χ2n) is 4.73. The molecule has 0 aromatic carbocycles. The molecule has 2 N–H and O–H groups in total. The quantitative estimate of drug-likeness (QED) is 0.795. The minimum atomic E-state index is -0.499. The van der Waals surface area contributed by atoms with Crippen molar-refractivity contribution in [1.29, 1.82) is 0 Å². The van der Waals surface area contributed by atoms with Crippen molar-refractivity contribution in [3.63, 3.8) is 0 Å². The third-order valence-electron chi connectivity index (χ3n) is 2.73. The normalized spacial score (nSPS) is 18.2. The zero-order chi connectivity index (χ0) is 10.2. The van der Waals surface area contributed by atoms with Gasteiger partial charge in [0.2, 0.25) is 5.89 Å². The van der Waals surface area contributed by atoms with E-state index < -0.39 is 5.54 Å². The van der Waals surface area contributed by atoms with Gasteiger partial charge < -0.3 is 10.3 Å². The summed E-state index contributed by atoms with van der Waals surface area (Å²) in [5, 5.41) is 3.89. The van der Waals surface area contributed by atoms with Crippen LogP contribution in [0.3, 0.4) is 0 Å². The van der Waals surface area contributed by atoms with Gasteiger partial charge in [-0.2, -0.15) is 4.98 Å². The second kappa shape index (κ2) is 3.35. The van der Waals surface area contributed by atoms with Crippen molar-refractivity contribution < 1.29 is 4.52 Å². The molecule has 1 heterocycles. The van der Waals surface area contributed by atoms with Crippen molar-refractivity contribution in [1.82, 2.24) is 10.1 Å². The predicted octanol–water partition coefficient (Wildman–Crippen LogP) is 1.61. The van der Waals surface area contributed by atoms with Crippen LogP contribution in [0.5, 0.6) is 0 Å². The highest BCUT2D eigenvalue weighted by molar-refractivity contribution is 4.99. The van der Waals surface area contributed by atoms with Crippen LogP contribution in [0.2, 0.25) is 0 Å². The summed E-state index contributed by atoms with van der Waals surface area (Å²) in [6.07, 6.45) is 4.85. The maximum Gasteiger partial charge on any atom is 0.226 e. The highest BCUT2D eigenvalue weighted by Crippen LogP contribution is 2.29. The van der Waals surface area contributed by atoms with E-state index in [4.69, 9.17) is 10.3 Å². The third kappa shape index (κ3) is 1.95. The molecule has 2 rings (SSSR count). The first-order valence-electron chi connectivity index (χ1n) is 5.17. The van der Waals surface area contributed by atoms with Crippen LogP contribution < -0.4 is 5.73 Å². The smallest absolute Gasteiger partial charge is 0.226 e. The summed E-state index contributed by atoms with van der Waals surface area (Å²) in [5.41, 5.74) is 5.36. The van der Waals surface area contributed by atoms with Crippen molar-refractivity contribution >= 4 is 0 Å². The molecule has 0 amide bonds. The van der Waals surface area contributed by atoms with Gasteiger partial charge in [0.05, 0.1) is 5.54 Å². The van der Waals surface area contributed by atoms with Crippen LogP contribution in [-0.2, 0) is 12.0 Å². The lowest BCUT2D eigenvalue weighted by Crippen LogP contribution is -2.30. The van der Waals surface area contributed by atoms with Gasteiger partial charge in [-0.1, -0.05) is 11.6 Å². The molecule has 0 bridgehead atoms. The zero-order valence-electron chi connectivity index (χ0n) is 8.79. The Morgan fingerprint density at radius 3 is 2.64 bits per heavy atom. The van der Waals surface area contributed by atoms with Crippen LogP contribution in [0.25, 0.3) is 0 Å². The molecule has 1 fully saturated rings. The standard InChI is InChI=1S/C10H17N3O/c1-10(2,11)9-12-8(14-13-9)6-7-4-3-5-7/h7H,3-6,11H2,1-2H3. The number of rotatable bonds is 3. The third-order valence-corrected chi connectivity index (χ3v) is 2.73. The number of hydrogen-bond donors (Lipinski definition) is 1. The Labute approximate surface area is 83.9 Å². The first kappa shape index (κ1) is 9.65. The Hall–Kier alpha value is -0.900. The van der Waals surface area contributed by atoms with Crippen LogP contribution in [0.4, 0.5) is 0 Å². The lowest BCUT2D eigenvalue weighted by atomic mass is 9.83. The summed E-state index contributed by atoms with van der Waals surface area (Å²) in [5.74, 6) is 2.10. The molecule has 0 saturated heterocycles. The van der Waals surface area contributed by atoms with Crippen molar-refractivity contribution in [2.45, 2.75) is 45.1 Å². The Kier molecular flexibility index (Phi) is 2.31. The maximum atomic E-state index is 5.86. The van der Waals surface area contributed by atoms with Crippen LogP contribution in [0, 0.1) is 5.92 Å². The topological polar surface area (TPSA) is 64.9 Å². The van der Waals surface area contributed by atoms with Gasteiger partial charge in [-0.25, -0.2) is 0 Å². The van der Waals surface area contributed by atoms with E-state index in [2.05, 4.69) is 10.1 Å². The molecular weight excluding hydrogens is 178 g/mol. The fraction of sp³-hybridized carbons (Fsp3) is 0.800. The Bertz CT molecular complexity index is 309. The van der Waals surface area contributed by atoms with Gasteiger partial charge in [0.1, 0.15) is 0 Å². The van der Waals surface area contributed by atoms with Crippen LogP contribution in [0.1, 0.15) is 44.8 Å². The molecule has 1 aromatic heterocycles. The molecule has 4 heteroatoms. The van der Waals surface area contributed by atoms with Crippen LogP contribution >= 0.6 is 0 Å². The molecule has 0 radical (unpaired) electrons. The van der Waals surface area contributed by atoms with E-state index in [1.165, 1.54) is 19.3 Å². The molecule has 14 heavy (non-hydrogen) atoms. The number of hydrogen-bond acceptors (Lipinski definition) is 4. The zero-order valence-corrected chi connectivity index (χ0v) is 8.79. The average molecular weight is 195 g/mol. The molecule has 0 spiro atoms. The number of nitrogens with zero attached hydrogens (tertiary/aromatic N) is 2. The molecule has 4 nitrogen and oxygen atoms in total. The lowest BCUT2D eigenvalue weighted by Gasteiger charge is -2.23. The van der Waals surface area contributed by atoms with Gasteiger partial charge >= 0.3 is 0 Å². The van der Waals surface area contributed by atoms with Crippen LogP contribution in [-0.4, -0.2) is 10.1 Å². The predicted molar refractivity (Wildman–Crippen MR) is 52.6 cm³/mol. The fourth-order valence-corrected chi connectivity index (χ4v) is 1.54. The van der Waals surface area contributed by atoms with Crippen LogP contribution in [0.15, 0.2) is 4.52 Å². The fourth-order valence-electron chi connectivity index (χ4n) is 1.54. The van der Waals surface area contributed by atoms with Gasteiger partial charge in [0, 0.05) is 6.42 Å². The first-order chi connectivity index (χ1) is 6.55. The van der Waals surface area contributed by atoms with E-state index in [1.807, 2.05) is 13.8 Å². The van der Waals surface area contributed by atoms with E-state index >= 15 is 0 Å². The molecule has 0 unspecified atom stereocenters.